The number of hydrogen-bond donors (Lipinski definition) is 2. The standard InChI is InChI=1S/C18H17N3O3S/c1-11(22)12-3-5-13(6-4-12)20-17(23)10-19-18(24)15-9-16-14(21(15)2)7-8-25-16/h3-9H,10H2,1-2H3,(H,19,24)(H,20,23). The topological polar surface area (TPSA) is 80.2 Å². The van der Waals surface area contributed by atoms with Crippen molar-refractivity contribution >= 4 is 44.8 Å². The number of nitrogens with one attached hydrogen (secondary N) is 2. The maximum absolute atomic E-state index is 12.3. The van der Waals surface area contributed by atoms with Gasteiger partial charge in [0.15, 0.2) is 5.78 Å². The van der Waals surface area contributed by atoms with Gasteiger partial charge in [-0.1, -0.05) is 0 Å². The largest absolute Gasteiger partial charge is 0.342 e. The maximum atomic E-state index is 12.3. The Morgan fingerprint density at radius 1 is 1.12 bits per heavy atom. The van der Waals surface area contributed by atoms with Crippen LogP contribution in [0, 0.1) is 0 Å². The molecule has 2 heterocycles. The summed E-state index contributed by atoms with van der Waals surface area (Å²) in [6, 6.07) is 10.4. The molecule has 2 aromatic heterocycles. The summed E-state index contributed by atoms with van der Waals surface area (Å²) in [7, 11) is 1.82. The molecule has 0 saturated carbocycles. The van der Waals surface area contributed by atoms with Gasteiger partial charge in [0, 0.05) is 18.3 Å². The number of fused-ring (bicyclic) bond motifs is 1. The van der Waals surface area contributed by atoms with Crippen molar-refractivity contribution in [2.75, 3.05) is 11.9 Å². The predicted octanol–water partition coefficient (Wildman–Crippen LogP) is 2.81. The summed E-state index contributed by atoms with van der Waals surface area (Å²) in [6.45, 7) is 1.35. The fourth-order valence-corrected chi connectivity index (χ4v) is 3.36. The first-order valence-electron chi connectivity index (χ1n) is 7.67. The second-order valence-electron chi connectivity index (χ2n) is 5.62. The minimum absolute atomic E-state index is 0.0346. The van der Waals surface area contributed by atoms with E-state index in [0.717, 1.165) is 10.2 Å². The minimum atomic E-state index is -0.333. The molecule has 7 heteroatoms. The molecule has 25 heavy (non-hydrogen) atoms. The predicted molar refractivity (Wildman–Crippen MR) is 98.2 cm³/mol. The molecule has 0 unspecified atom stereocenters. The molecular weight excluding hydrogens is 338 g/mol. The van der Waals surface area contributed by atoms with Crippen molar-refractivity contribution < 1.29 is 14.4 Å². The van der Waals surface area contributed by atoms with Crippen molar-refractivity contribution in [2.45, 2.75) is 6.92 Å². The third kappa shape index (κ3) is 3.61. The van der Waals surface area contributed by atoms with E-state index < -0.39 is 0 Å². The van der Waals surface area contributed by atoms with Crippen LogP contribution in [-0.4, -0.2) is 28.7 Å². The molecule has 0 spiro atoms. The first kappa shape index (κ1) is 16.9. The van der Waals surface area contributed by atoms with Gasteiger partial charge in [-0.2, -0.15) is 0 Å². The molecule has 0 saturated heterocycles. The van der Waals surface area contributed by atoms with Crippen molar-refractivity contribution in [3.8, 4) is 0 Å². The molecular formula is C18H17N3O3S. The van der Waals surface area contributed by atoms with Crippen molar-refractivity contribution in [3.05, 3.63) is 53.0 Å². The first-order chi connectivity index (χ1) is 12.0. The first-order valence-corrected chi connectivity index (χ1v) is 8.55. The number of aryl methyl sites for hydroxylation is 1. The summed E-state index contributed by atoms with van der Waals surface area (Å²) in [5.74, 6) is -0.666. The van der Waals surface area contributed by atoms with E-state index in [1.165, 1.54) is 6.92 Å². The second kappa shape index (κ2) is 6.90. The molecule has 0 fully saturated rings. The molecule has 0 radical (unpaired) electrons. The number of amides is 2. The number of aromatic nitrogens is 1. The zero-order valence-corrected chi connectivity index (χ0v) is 14.6. The lowest BCUT2D eigenvalue weighted by molar-refractivity contribution is -0.115. The van der Waals surface area contributed by atoms with Gasteiger partial charge in [-0.05, 0) is 48.7 Å². The van der Waals surface area contributed by atoms with E-state index in [0.29, 0.717) is 16.9 Å². The molecule has 2 N–H and O–H groups in total. The fourth-order valence-electron chi connectivity index (χ4n) is 2.51. The fraction of sp³-hybridized carbons (Fsp3) is 0.167. The third-order valence-corrected chi connectivity index (χ3v) is 4.73. The normalized spacial score (nSPS) is 10.6. The minimum Gasteiger partial charge on any atom is -0.342 e. The van der Waals surface area contributed by atoms with E-state index in [1.807, 2.05) is 24.6 Å². The van der Waals surface area contributed by atoms with E-state index in [1.54, 1.807) is 40.2 Å². The highest BCUT2D eigenvalue weighted by Gasteiger charge is 2.15. The van der Waals surface area contributed by atoms with Crippen LogP contribution in [0.4, 0.5) is 5.69 Å². The van der Waals surface area contributed by atoms with Crippen LogP contribution < -0.4 is 10.6 Å². The van der Waals surface area contributed by atoms with Crippen LogP contribution in [0.5, 0.6) is 0 Å². The maximum Gasteiger partial charge on any atom is 0.268 e. The summed E-state index contributed by atoms with van der Waals surface area (Å²) in [4.78, 5) is 35.5. The summed E-state index contributed by atoms with van der Waals surface area (Å²) in [5, 5.41) is 7.27. The molecule has 0 atom stereocenters. The van der Waals surface area contributed by atoms with Gasteiger partial charge in [0.25, 0.3) is 5.91 Å². The lowest BCUT2D eigenvalue weighted by Gasteiger charge is -2.08. The molecule has 0 aliphatic rings. The van der Waals surface area contributed by atoms with E-state index in [9.17, 15) is 14.4 Å². The van der Waals surface area contributed by atoms with Crippen LogP contribution in [-0.2, 0) is 11.8 Å². The number of hydrogen-bond acceptors (Lipinski definition) is 4. The highest BCUT2D eigenvalue weighted by Crippen LogP contribution is 2.23. The van der Waals surface area contributed by atoms with Crippen LogP contribution >= 0.6 is 11.3 Å². The summed E-state index contributed by atoms with van der Waals surface area (Å²) in [5.41, 5.74) is 2.66. The van der Waals surface area contributed by atoms with E-state index >= 15 is 0 Å². The molecule has 0 bridgehead atoms. The van der Waals surface area contributed by atoms with Crippen LogP contribution in [0.3, 0.4) is 0 Å². The van der Waals surface area contributed by atoms with Crippen molar-refractivity contribution in [1.29, 1.82) is 0 Å². The molecule has 3 aromatic rings. The van der Waals surface area contributed by atoms with Gasteiger partial charge >= 0.3 is 0 Å². The Balaban J connectivity index is 1.58. The number of carbonyl (C=O) groups excluding carboxylic acids is 3. The van der Waals surface area contributed by atoms with Crippen molar-refractivity contribution in [2.24, 2.45) is 7.05 Å². The van der Waals surface area contributed by atoms with Crippen LogP contribution in [0.25, 0.3) is 10.2 Å². The molecule has 2 amide bonds. The number of carbonyl (C=O) groups is 3. The Morgan fingerprint density at radius 2 is 1.84 bits per heavy atom. The Hall–Kier alpha value is -2.93. The number of anilines is 1. The lowest BCUT2D eigenvalue weighted by atomic mass is 10.1. The van der Waals surface area contributed by atoms with Gasteiger partial charge in [0.1, 0.15) is 5.69 Å². The number of nitrogens with zero attached hydrogens (tertiary/aromatic N) is 1. The molecule has 6 nitrogen and oxygen atoms in total. The molecule has 128 valence electrons. The number of thiophene rings is 1. The SMILES string of the molecule is CC(=O)c1ccc(NC(=O)CNC(=O)c2cc3sccc3n2C)cc1. The van der Waals surface area contributed by atoms with Gasteiger partial charge in [-0.15, -0.1) is 11.3 Å². The van der Waals surface area contributed by atoms with E-state index in [4.69, 9.17) is 0 Å². The Kier molecular flexibility index (Phi) is 4.67. The average molecular weight is 355 g/mol. The van der Waals surface area contributed by atoms with Gasteiger partial charge in [0.05, 0.1) is 16.8 Å². The number of benzene rings is 1. The zero-order valence-electron chi connectivity index (χ0n) is 13.8. The summed E-state index contributed by atoms with van der Waals surface area (Å²) in [6.07, 6.45) is 0. The van der Waals surface area contributed by atoms with E-state index in [-0.39, 0.29) is 24.1 Å². The Bertz CT molecular complexity index is 954. The van der Waals surface area contributed by atoms with Crippen LogP contribution in [0.2, 0.25) is 0 Å². The van der Waals surface area contributed by atoms with Gasteiger partial charge in [0.2, 0.25) is 5.91 Å². The Labute approximate surface area is 148 Å². The second-order valence-corrected chi connectivity index (χ2v) is 6.57. The van der Waals surface area contributed by atoms with Gasteiger partial charge in [-0.3, -0.25) is 14.4 Å². The third-order valence-electron chi connectivity index (χ3n) is 3.88. The number of Topliss-reactive ketones (excluding diaryl/α,β-unsaturated/α-hetero) is 1. The molecule has 3 rings (SSSR count). The van der Waals surface area contributed by atoms with Crippen molar-refractivity contribution in [3.63, 3.8) is 0 Å². The van der Waals surface area contributed by atoms with Crippen LogP contribution in [0.1, 0.15) is 27.8 Å². The Morgan fingerprint density at radius 3 is 2.48 bits per heavy atom. The van der Waals surface area contributed by atoms with Crippen molar-refractivity contribution in [1.82, 2.24) is 9.88 Å². The molecule has 0 aliphatic heterocycles. The van der Waals surface area contributed by atoms with Gasteiger partial charge < -0.3 is 15.2 Å². The zero-order chi connectivity index (χ0) is 18.0. The molecule has 0 aliphatic carbocycles. The lowest BCUT2D eigenvalue weighted by Crippen LogP contribution is -2.33. The van der Waals surface area contributed by atoms with Gasteiger partial charge in [-0.25, -0.2) is 0 Å². The average Bonchev–Trinajstić information content (AvgIpc) is 3.16. The molecule has 1 aromatic carbocycles. The van der Waals surface area contributed by atoms with Crippen LogP contribution in [0.15, 0.2) is 41.8 Å². The quantitative estimate of drug-likeness (QED) is 0.691. The smallest absolute Gasteiger partial charge is 0.268 e. The number of ketones is 1. The highest BCUT2D eigenvalue weighted by atomic mass is 32.1. The van der Waals surface area contributed by atoms with E-state index in [2.05, 4.69) is 10.6 Å². The monoisotopic (exact) mass is 355 g/mol. The number of rotatable bonds is 5. The summed E-state index contributed by atoms with van der Waals surface area (Å²) >= 11 is 1.56. The summed E-state index contributed by atoms with van der Waals surface area (Å²) < 4.78 is 2.84. The highest BCUT2D eigenvalue weighted by molar-refractivity contribution is 7.17.